The molecule has 0 amide bonds. The number of primary sulfonamides is 1. The highest BCUT2D eigenvalue weighted by atomic mass is 127. The van der Waals surface area contributed by atoms with Gasteiger partial charge in [0.15, 0.2) is 0 Å². The summed E-state index contributed by atoms with van der Waals surface area (Å²) in [6.45, 7) is 0. The average Bonchev–Trinajstić information content (AvgIpc) is 2.33. The quantitative estimate of drug-likeness (QED) is 0.522. The van der Waals surface area contributed by atoms with E-state index in [0.29, 0.717) is 16.4 Å². The summed E-state index contributed by atoms with van der Waals surface area (Å²) in [5.74, 6) is 0. The Morgan fingerprint density at radius 1 is 1.10 bits per heavy atom. The molecule has 2 aromatic carbocycles. The van der Waals surface area contributed by atoms with Gasteiger partial charge in [-0.2, -0.15) is 0 Å². The lowest BCUT2D eigenvalue weighted by Gasteiger charge is -2.12. The van der Waals surface area contributed by atoms with Gasteiger partial charge in [-0.15, -0.1) is 0 Å². The highest BCUT2D eigenvalue weighted by molar-refractivity contribution is 14.1. The van der Waals surface area contributed by atoms with Crippen molar-refractivity contribution in [2.75, 3.05) is 11.1 Å². The van der Waals surface area contributed by atoms with Crippen molar-refractivity contribution in [3.05, 3.63) is 45.0 Å². The van der Waals surface area contributed by atoms with Gasteiger partial charge in [0, 0.05) is 3.57 Å². The highest BCUT2D eigenvalue weighted by Crippen LogP contribution is 2.30. The van der Waals surface area contributed by atoms with Crippen LogP contribution in [0.25, 0.3) is 0 Å². The molecule has 0 spiro atoms. The van der Waals surface area contributed by atoms with Crippen LogP contribution in [0, 0.1) is 3.57 Å². The molecule has 2 aromatic rings. The van der Waals surface area contributed by atoms with Gasteiger partial charge in [-0.05, 0) is 59.0 Å². The first-order valence-corrected chi connectivity index (χ1v) is 8.42. The molecule has 2 rings (SSSR count). The molecule has 0 aliphatic heterocycles. The number of nitrogens with two attached hydrogens (primary N) is 2. The van der Waals surface area contributed by atoms with Gasteiger partial charge in [0.2, 0.25) is 10.0 Å². The van der Waals surface area contributed by atoms with Crippen LogP contribution in [0.2, 0.25) is 5.02 Å². The summed E-state index contributed by atoms with van der Waals surface area (Å²) in [5.41, 5.74) is 7.33. The second kappa shape index (κ2) is 5.76. The zero-order valence-corrected chi connectivity index (χ0v) is 13.8. The summed E-state index contributed by atoms with van der Waals surface area (Å²) in [5, 5.41) is 8.64. The molecular weight excluding hydrogens is 413 g/mol. The number of halogens is 2. The maximum Gasteiger partial charge on any atom is 0.238 e. The Morgan fingerprint density at radius 3 is 2.30 bits per heavy atom. The Bertz CT molecular complexity index is 765. The van der Waals surface area contributed by atoms with E-state index in [4.69, 9.17) is 22.5 Å². The first kappa shape index (κ1) is 15.4. The van der Waals surface area contributed by atoms with E-state index in [-0.39, 0.29) is 10.6 Å². The van der Waals surface area contributed by atoms with Crippen molar-refractivity contribution < 1.29 is 8.42 Å². The Morgan fingerprint density at radius 2 is 1.75 bits per heavy atom. The molecule has 106 valence electrons. The van der Waals surface area contributed by atoms with Gasteiger partial charge < -0.3 is 11.1 Å². The molecule has 0 unspecified atom stereocenters. The fourth-order valence-corrected chi connectivity index (χ4v) is 3.02. The fourth-order valence-electron chi connectivity index (χ4n) is 1.57. The molecule has 8 heteroatoms. The molecule has 5 nitrogen and oxygen atoms in total. The molecule has 0 bridgehead atoms. The van der Waals surface area contributed by atoms with E-state index in [0.717, 1.165) is 3.57 Å². The number of nitrogens with one attached hydrogen (secondary N) is 1. The molecular formula is C12H11ClIN3O2S. The van der Waals surface area contributed by atoms with Crippen LogP contribution in [0.5, 0.6) is 0 Å². The molecule has 0 aromatic heterocycles. The third kappa shape index (κ3) is 3.54. The minimum Gasteiger partial charge on any atom is -0.397 e. The van der Waals surface area contributed by atoms with E-state index in [1.165, 1.54) is 12.1 Å². The standard InChI is InChI=1S/C12H11ClIN3O2S/c13-9-5-7(14)1-3-11(9)17-12-4-2-8(6-10(12)15)20(16,18)19/h1-6,17H,15H2,(H2,16,18,19). The molecule has 5 N–H and O–H groups in total. The Kier molecular flexibility index (Phi) is 4.43. The summed E-state index contributed by atoms with van der Waals surface area (Å²) in [7, 11) is -3.76. The van der Waals surface area contributed by atoms with Gasteiger partial charge in [-0.1, -0.05) is 11.6 Å². The monoisotopic (exact) mass is 423 g/mol. The van der Waals surface area contributed by atoms with Crippen molar-refractivity contribution in [3.63, 3.8) is 0 Å². The van der Waals surface area contributed by atoms with Crippen LogP contribution in [0.15, 0.2) is 41.3 Å². The lowest BCUT2D eigenvalue weighted by atomic mass is 10.2. The van der Waals surface area contributed by atoms with E-state index in [1.807, 2.05) is 12.1 Å². The van der Waals surface area contributed by atoms with Crippen molar-refractivity contribution in [2.24, 2.45) is 5.14 Å². The number of anilines is 3. The third-order valence-electron chi connectivity index (χ3n) is 2.55. The molecule has 0 aliphatic rings. The first-order chi connectivity index (χ1) is 9.27. The van der Waals surface area contributed by atoms with Gasteiger partial charge in [-0.3, -0.25) is 0 Å². The molecule has 0 saturated heterocycles. The van der Waals surface area contributed by atoms with Crippen LogP contribution in [0.3, 0.4) is 0 Å². The van der Waals surface area contributed by atoms with Crippen molar-refractivity contribution in [1.82, 2.24) is 0 Å². The number of rotatable bonds is 3. The topological polar surface area (TPSA) is 98.2 Å². The second-order valence-electron chi connectivity index (χ2n) is 4.04. The van der Waals surface area contributed by atoms with E-state index in [1.54, 1.807) is 12.1 Å². The molecule has 0 aliphatic carbocycles. The number of sulfonamides is 1. The molecule has 0 atom stereocenters. The van der Waals surface area contributed by atoms with Crippen LogP contribution < -0.4 is 16.2 Å². The van der Waals surface area contributed by atoms with Crippen molar-refractivity contribution in [3.8, 4) is 0 Å². The first-order valence-electron chi connectivity index (χ1n) is 5.42. The van der Waals surface area contributed by atoms with Crippen LogP contribution >= 0.6 is 34.2 Å². The van der Waals surface area contributed by atoms with Crippen LogP contribution in [0.1, 0.15) is 0 Å². The number of nitrogen functional groups attached to an aromatic ring is 1. The third-order valence-corrected chi connectivity index (χ3v) is 4.45. The summed E-state index contributed by atoms with van der Waals surface area (Å²) in [6.07, 6.45) is 0. The summed E-state index contributed by atoms with van der Waals surface area (Å²) < 4.78 is 23.5. The highest BCUT2D eigenvalue weighted by Gasteiger charge is 2.11. The fraction of sp³-hybridized carbons (Fsp3) is 0. The largest absolute Gasteiger partial charge is 0.397 e. The Hall–Kier alpha value is -1.03. The number of hydrogen-bond donors (Lipinski definition) is 3. The van der Waals surface area contributed by atoms with Gasteiger partial charge in [0.1, 0.15) is 0 Å². The summed E-state index contributed by atoms with van der Waals surface area (Å²) in [4.78, 5) is -0.0331. The minimum atomic E-state index is -3.76. The molecule has 0 heterocycles. The Labute approximate surface area is 135 Å². The number of benzene rings is 2. The second-order valence-corrected chi connectivity index (χ2v) is 7.26. The predicted molar refractivity (Wildman–Crippen MR) is 89.7 cm³/mol. The van der Waals surface area contributed by atoms with Crippen molar-refractivity contribution in [2.45, 2.75) is 4.90 Å². The smallest absolute Gasteiger partial charge is 0.238 e. The van der Waals surface area contributed by atoms with Crippen molar-refractivity contribution >= 4 is 61.3 Å². The SMILES string of the molecule is Nc1cc(S(N)(=O)=O)ccc1Nc1ccc(I)cc1Cl. The lowest BCUT2D eigenvalue weighted by Crippen LogP contribution is -2.12. The van der Waals surface area contributed by atoms with Gasteiger partial charge in [0.05, 0.1) is 27.0 Å². The van der Waals surface area contributed by atoms with E-state index in [2.05, 4.69) is 27.9 Å². The lowest BCUT2D eigenvalue weighted by molar-refractivity contribution is 0.598. The number of hydrogen-bond acceptors (Lipinski definition) is 4. The zero-order chi connectivity index (χ0) is 14.9. The Balaban J connectivity index is 2.35. The zero-order valence-electron chi connectivity index (χ0n) is 10.1. The van der Waals surface area contributed by atoms with Gasteiger partial charge in [-0.25, -0.2) is 13.6 Å². The van der Waals surface area contributed by atoms with E-state index >= 15 is 0 Å². The molecule has 20 heavy (non-hydrogen) atoms. The van der Waals surface area contributed by atoms with Gasteiger partial charge in [0.25, 0.3) is 0 Å². The van der Waals surface area contributed by atoms with Crippen LogP contribution in [-0.2, 0) is 10.0 Å². The minimum absolute atomic E-state index is 0.0331. The maximum absolute atomic E-state index is 11.2. The summed E-state index contributed by atoms with van der Waals surface area (Å²) in [6, 6.07) is 9.75. The maximum atomic E-state index is 11.2. The normalized spacial score (nSPS) is 11.3. The molecule has 0 saturated carbocycles. The summed E-state index contributed by atoms with van der Waals surface area (Å²) >= 11 is 8.27. The van der Waals surface area contributed by atoms with Crippen LogP contribution in [-0.4, -0.2) is 8.42 Å². The van der Waals surface area contributed by atoms with E-state index < -0.39 is 10.0 Å². The van der Waals surface area contributed by atoms with E-state index in [9.17, 15) is 8.42 Å². The molecule has 0 radical (unpaired) electrons. The van der Waals surface area contributed by atoms with Gasteiger partial charge >= 0.3 is 0 Å². The van der Waals surface area contributed by atoms with Crippen molar-refractivity contribution in [1.29, 1.82) is 0 Å². The average molecular weight is 424 g/mol. The van der Waals surface area contributed by atoms with Crippen LogP contribution in [0.4, 0.5) is 17.1 Å². The molecule has 0 fully saturated rings. The predicted octanol–water partition coefficient (Wildman–Crippen LogP) is 2.92.